The van der Waals surface area contributed by atoms with E-state index in [0.29, 0.717) is 14.8 Å². The van der Waals surface area contributed by atoms with Gasteiger partial charge in [-0.15, -0.1) is 0 Å². The molecular weight excluding hydrogens is 433 g/mol. The fraction of sp³-hybridized carbons (Fsp3) is 0.333. The summed E-state index contributed by atoms with van der Waals surface area (Å²) in [7, 11) is 2.81. The Morgan fingerprint density at radius 3 is 2.62 bits per heavy atom. The molecule has 2 rings (SSSR count). The summed E-state index contributed by atoms with van der Waals surface area (Å²) < 4.78 is 28.0. The highest BCUT2D eigenvalue weighted by atomic mass is 127. The van der Waals surface area contributed by atoms with E-state index in [4.69, 9.17) is 10.7 Å². The van der Waals surface area contributed by atoms with E-state index in [1.165, 1.54) is 18.1 Å². The second-order valence-corrected chi connectivity index (χ2v) is 8.53. The Kier molecular flexibility index (Phi) is 4.79. The summed E-state index contributed by atoms with van der Waals surface area (Å²) >= 11 is 1.98. The molecule has 0 radical (unpaired) electrons. The number of hydrogen-bond donors (Lipinski definition) is 0. The highest BCUT2D eigenvalue weighted by molar-refractivity contribution is 14.1. The van der Waals surface area contributed by atoms with Crippen LogP contribution in [0.3, 0.4) is 0 Å². The Labute approximate surface area is 140 Å². The van der Waals surface area contributed by atoms with Gasteiger partial charge in [-0.1, -0.05) is 0 Å². The van der Waals surface area contributed by atoms with Gasteiger partial charge in [0, 0.05) is 27.2 Å². The minimum Gasteiger partial charge on any atom is -0.465 e. The highest BCUT2D eigenvalue weighted by Crippen LogP contribution is 2.30. The van der Waals surface area contributed by atoms with Crippen LogP contribution in [0.1, 0.15) is 16.8 Å². The number of esters is 1. The number of ether oxygens (including phenoxy) is 1. The molecule has 1 aromatic carbocycles. The van der Waals surface area contributed by atoms with E-state index < -0.39 is 20.3 Å². The van der Waals surface area contributed by atoms with Crippen LogP contribution in [-0.2, 0) is 18.6 Å². The molecule has 0 aliphatic carbocycles. The van der Waals surface area contributed by atoms with Crippen molar-refractivity contribution in [3.8, 4) is 0 Å². The highest BCUT2D eigenvalue weighted by Gasteiger charge is 2.38. The molecule has 1 fully saturated rings. The maximum atomic E-state index is 12.0. The molecule has 0 bridgehead atoms. The van der Waals surface area contributed by atoms with Crippen LogP contribution in [0.4, 0.5) is 5.69 Å². The van der Waals surface area contributed by atoms with Crippen LogP contribution in [-0.4, -0.2) is 39.2 Å². The predicted molar refractivity (Wildman–Crippen MR) is 86.0 cm³/mol. The third kappa shape index (κ3) is 3.49. The fourth-order valence-corrected chi connectivity index (χ4v) is 3.90. The Balaban J connectivity index is 2.31. The van der Waals surface area contributed by atoms with Crippen LogP contribution in [0, 0.1) is 3.57 Å². The molecule has 1 unspecified atom stereocenters. The second-order valence-electron chi connectivity index (χ2n) is 4.46. The molecule has 1 saturated heterocycles. The summed E-state index contributed by atoms with van der Waals surface area (Å²) in [6.45, 7) is 0.0121. The lowest BCUT2D eigenvalue weighted by Gasteiger charge is -2.18. The number of hydrogen-bond acceptors (Lipinski definition) is 5. The third-order valence-electron chi connectivity index (χ3n) is 3.15. The zero-order chi connectivity index (χ0) is 15.8. The summed E-state index contributed by atoms with van der Waals surface area (Å²) in [4.78, 5) is 24.8. The van der Waals surface area contributed by atoms with E-state index in [2.05, 4.69) is 4.74 Å². The summed E-state index contributed by atoms with van der Waals surface area (Å²) in [5.74, 6) is -0.790. The maximum Gasteiger partial charge on any atom is 0.337 e. The number of methoxy groups -OCH3 is 1. The molecule has 0 N–H and O–H groups in total. The van der Waals surface area contributed by atoms with Crippen LogP contribution in [0.15, 0.2) is 18.2 Å². The first-order valence-corrected chi connectivity index (χ1v) is 9.31. The van der Waals surface area contributed by atoms with E-state index in [0.717, 1.165) is 0 Å². The quantitative estimate of drug-likeness (QED) is 0.404. The van der Waals surface area contributed by atoms with Crippen molar-refractivity contribution in [3.05, 3.63) is 27.3 Å². The molecule has 0 saturated carbocycles. The van der Waals surface area contributed by atoms with Gasteiger partial charge in [-0.25, -0.2) is 13.2 Å². The summed E-state index contributed by atoms with van der Waals surface area (Å²) in [5, 5.41) is -0.914. The number of carbonyl (C=O) groups excluding carboxylic acids is 2. The van der Waals surface area contributed by atoms with Gasteiger partial charge in [0.2, 0.25) is 15.0 Å². The zero-order valence-electron chi connectivity index (χ0n) is 10.9. The topological polar surface area (TPSA) is 80.8 Å². The number of amides is 1. The Morgan fingerprint density at radius 1 is 1.48 bits per heavy atom. The largest absolute Gasteiger partial charge is 0.465 e. The molecule has 6 nitrogen and oxygen atoms in total. The number of benzene rings is 1. The molecule has 1 aliphatic heterocycles. The summed E-state index contributed by atoms with van der Waals surface area (Å²) in [6, 6.07) is 4.70. The van der Waals surface area contributed by atoms with Crippen molar-refractivity contribution in [3.63, 3.8) is 0 Å². The van der Waals surface area contributed by atoms with Crippen molar-refractivity contribution in [1.82, 2.24) is 0 Å². The third-order valence-corrected chi connectivity index (χ3v) is 5.88. The van der Waals surface area contributed by atoms with Gasteiger partial charge in [-0.05, 0) is 40.8 Å². The lowest BCUT2D eigenvalue weighted by atomic mass is 10.2. The van der Waals surface area contributed by atoms with Gasteiger partial charge < -0.3 is 9.64 Å². The molecule has 114 valence electrons. The number of rotatable bonds is 3. The molecule has 9 heteroatoms. The summed E-state index contributed by atoms with van der Waals surface area (Å²) in [6.07, 6.45) is -0.138. The van der Waals surface area contributed by atoms with E-state index >= 15 is 0 Å². The average molecular weight is 444 g/mol. The van der Waals surface area contributed by atoms with Crippen LogP contribution in [0.2, 0.25) is 0 Å². The van der Waals surface area contributed by atoms with Gasteiger partial charge in [-0.3, -0.25) is 4.79 Å². The van der Waals surface area contributed by atoms with Gasteiger partial charge in [0.05, 0.1) is 18.4 Å². The van der Waals surface area contributed by atoms with E-state index in [-0.39, 0.29) is 18.9 Å². The first kappa shape index (κ1) is 16.5. The number of nitrogens with zero attached hydrogens (tertiary/aromatic N) is 1. The minimum absolute atomic E-state index is 0.0121. The Morgan fingerprint density at radius 2 is 2.14 bits per heavy atom. The van der Waals surface area contributed by atoms with E-state index in [1.54, 1.807) is 12.1 Å². The molecule has 21 heavy (non-hydrogen) atoms. The SMILES string of the molecule is COC(=O)c1ccc(N2CC(S(=O)(=O)Cl)CC2=O)c(I)c1. The summed E-state index contributed by atoms with van der Waals surface area (Å²) in [5.41, 5.74) is 0.912. The average Bonchev–Trinajstić information content (AvgIpc) is 2.79. The van der Waals surface area contributed by atoms with Gasteiger partial charge in [0.1, 0.15) is 5.25 Å². The van der Waals surface area contributed by atoms with E-state index in [1.807, 2.05) is 22.6 Å². The lowest BCUT2D eigenvalue weighted by molar-refractivity contribution is -0.117. The molecule has 0 spiro atoms. The smallest absolute Gasteiger partial charge is 0.337 e. The van der Waals surface area contributed by atoms with Crippen molar-refractivity contribution < 1.29 is 22.7 Å². The van der Waals surface area contributed by atoms with E-state index in [9.17, 15) is 18.0 Å². The van der Waals surface area contributed by atoms with Crippen molar-refractivity contribution in [2.45, 2.75) is 11.7 Å². The normalized spacial score (nSPS) is 18.9. The van der Waals surface area contributed by atoms with Crippen molar-refractivity contribution >= 4 is 59.9 Å². The molecule has 1 amide bonds. The van der Waals surface area contributed by atoms with Crippen LogP contribution >= 0.6 is 33.3 Å². The van der Waals surface area contributed by atoms with Crippen LogP contribution in [0.5, 0.6) is 0 Å². The van der Waals surface area contributed by atoms with Crippen molar-refractivity contribution in [2.75, 3.05) is 18.6 Å². The monoisotopic (exact) mass is 443 g/mol. The van der Waals surface area contributed by atoms with Gasteiger partial charge in [-0.2, -0.15) is 0 Å². The van der Waals surface area contributed by atoms with Crippen molar-refractivity contribution in [2.24, 2.45) is 0 Å². The molecule has 0 aromatic heterocycles. The first-order valence-electron chi connectivity index (χ1n) is 5.85. The van der Waals surface area contributed by atoms with Crippen LogP contribution < -0.4 is 4.90 Å². The van der Waals surface area contributed by atoms with Gasteiger partial charge in [0.25, 0.3) is 0 Å². The Hall–Kier alpha value is -0.870. The standard InChI is InChI=1S/C12H11ClINO5S/c1-20-12(17)7-2-3-10(9(14)4-7)15-6-8(5-11(15)16)21(13,18)19/h2-4,8H,5-6H2,1H3. The first-order chi connectivity index (χ1) is 9.74. The van der Waals surface area contributed by atoms with Gasteiger partial charge >= 0.3 is 5.97 Å². The number of anilines is 1. The van der Waals surface area contributed by atoms with Gasteiger partial charge in [0.15, 0.2) is 0 Å². The maximum absolute atomic E-state index is 12.0. The molecule has 1 atom stereocenters. The number of halogens is 2. The zero-order valence-corrected chi connectivity index (χ0v) is 14.6. The molecule has 1 aromatic rings. The van der Waals surface area contributed by atoms with Crippen molar-refractivity contribution in [1.29, 1.82) is 0 Å². The predicted octanol–water partition coefficient (Wildman–Crippen LogP) is 1.75. The lowest BCUT2D eigenvalue weighted by Crippen LogP contribution is -2.27. The molecule has 1 heterocycles. The molecule has 1 aliphatic rings. The second kappa shape index (κ2) is 6.09. The Bertz CT molecular complexity index is 706. The molecular formula is C12H11ClINO5S. The fourth-order valence-electron chi connectivity index (χ4n) is 2.07. The van der Waals surface area contributed by atoms with Crippen LogP contribution in [0.25, 0.3) is 0 Å². The minimum atomic E-state index is -3.78. The number of carbonyl (C=O) groups is 2.